The molecule has 0 unspecified atom stereocenters. The smallest absolute Gasteiger partial charge is 0.232 e. The Kier molecular flexibility index (Phi) is 4.44. The average Bonchev–Trinajstić information content (AvgIpc) is 2.90. The van der Waals surface area contributed by atoms with Gasteiger partial charge in [-0.1, -0.05) is 19.1 Å². The van der Waals surface area contributed by atoms with E-state index in [1.165, 1.54) is 6.42 Å². The normalized spacial score (nSPS) is 29.6. The van der Waals surface area contributed by atoms with Crippen molar-refractivity contribution in [2.24, 2.45) is 11.3 Å². The van der Waals surface area contributed by atoms with Crippen molar-refractivity contribution < 1.29 is 9.90 Å². The van der Waals surface area contributed by atoms with Crippen LogP contribution < -0.4 is 0 Å². The number of nitrogens with zero attached hydrogens (tertiary/aromatic N) is 1. The molecule has 0 bridgehead atoms. The van der Waals surface area contributed by atoms with Gasteiger partial charge in [-0.05, 0) is 44.4 Å². The Morgan fingerprint density at radius 2 is 2.11 bits per heavy atom. The van der Waals surface area contributed by atoms with Gasteiger partial charge < -0.3 is 10.0 Å². The number of piperidine rings is 1. The number of amides is 1. The molecule has 0 aromatic heterocycles. The second-order valence-electron chi connectivity index (χ2n) is 5.75. The molecule has 18 heavy (non-hydrogen) atoms. The maximum Gasteiger partial charge on any atom is 0.232 e. The molecule has 1 aliphatic carbocycles. The van der Waals surface area contributed by atoms with E-state index in [0.717, 1.165) is 38.8 Å². The summed E-state index contributed by atoms with van der Waals surface area (Å²) in [6, 6.07) is 0. The molecule has 3 heteroatoms. The molecule has 1 amide bonds. The highest BCUT2D eigenvalue weighted by Gasteiger charge is 2.44. The van der Waals surface area contributed by atoms with E-state index < -0.39 is 0 Å². The van der Waals surface area contributed by atoms with Crippen molar-refractivity contribution in [3.05, 3.63) is 12.2 Å². The highest BCUT2D eigenvalue weighted by Crippen LogP contribution is 2.43. The fourth-order valence-electron chi connectivity index (χ4n) is 3.34. The topological polar surface area (TPSA) is 40.5 Å². The zero-order chi connectivity index (χ0) is 13.0. The molecule has 2 aliphatic rings. The van der Waals surface area contributed by atoms with Crippen molar-refractivity contribution in [2.45, 2.75) is 45.4 Å². The molecule has 2 rings (SSSR count). The zero-order valence-electron chi connectivity index (χ0n) is 11.4. The first-order valence-electron chi connectivity index (χ1n) is 7.28. The second-order valence-corrected chi connectivity index (χ2v) is 5.75. The number of aliphatic hydroxyl groups excluding tert-OH is 1. The Bertz CT molecular complexity index is 320. The monoisotopic (exact) mass is 251 g/mol. The van der Waals surface area contributed by atoms with Crippen LogP contribution in [0.4, 0.5) is 0 Å². The van der Waals surface area contributed by atoms with Gasteiger partial charge in [0.1, 0.15) is 0 Å². The number of hydrogen-bond donors (Lipinski definition) is 1. The molecule has 0 spiro atoms. The number of aliphatic hydroxyl groups is 1. The van der Waals surface area contributed by atoms with Gasteiger partial charge in [0.25, 0.3) is 0 Å². The van der Waals surface area contributed by atoms with Gasteiger partial charge in [-0.25, -0.2) is 0 Å². The van der Waals surface area contributed by atoms with Crippen LogP contribution in [0, 0.1) is 11.3 Å². The Morgan fingerprint density at radius 1 is 1.39 bits per heavy atom. The molecule has 102 valence electrons. The molecular formula is C15H25NO2. The molecular weight excluding hydrogens is 226 g/mol. The zero-order valence-corrected chi connectivity index (χ0v) is 11.4. The van der Waals surface area contributed by atoms with Crippen molar-refractivity contribution in [2.75, 3.05) is 19.7 Å². The fraction of sp³-hybridized carbons (Fsp3) is 0.800. The molecule has 1 N–H and O–H groups in total. The second kappa shape index (κ2) is 5.87. The molecule has 0 aromatic rings. The van der Waals surface area contributed by atoms with E-state index in [1.807, 2.05) is 4.90 Å². The van der Waals surface area contributed by atoms with E-state index in [4.69, 9.17) is 5.11 Å². The van der Waals surface area contributed by atoms with Crippen LogP contribution in [-0.4, -0.2) is 35.6 Å². The van der Waals surface area contributed by atoms with Crippen LogP contribution >= 0.6 is 0 Å². The van der Waals surface area contributed by atoms with E-state index in [-0.39, 0.29) is 17.9 Å². The van der Waals surface area contributed by atoms with Crippen molar-refractivity contribution in [3.63, 3.8) is 0 Å². The third-order valence-electron chi connectivity index (χ3n) is 4.62. The summed E-state index contributed by atoms with van der Waals surface area (Å²) in [6.45, 7) is 4.11. The lowest BCUT2D eigenvalue weighted by Gasteiger charge is -2.39. The van der Waals surface area contributed by atoms with Gasteiger partial charge in [0.2, 0.25) is 5.91 Å². The number of carbonyl (C=O) groups is 1. The average molecular weight is 251 g/mol. The lowest BCUT2D eigenvalue weighted by molar-refractivity contribution is -0.143. The lowest BCUT2D eigenvalue weighted by Crippen LogP contribution is -2.47. The Labute approximate surface area is 110 Å². The SMILES string of the molecule is C[C@H](CCO)[C@@]1(C(=O)N2CCCCC2)C=CCC1. The fourth-order valence-corrected chi connectivity index (χ4v) is 3.34. The van der Waals surface area contributed by atoms with Gasteiger partial charge in [0, 0.05) is 19.7 Å². The van der Waals surface area contributed by atoms with E-state index in [9.17, 15) is 4.79 Å². The minimum absolute atomic E-state index is 0.171. The predicted molar refractivity (Wildman–Crippen MR) is 72.1 cm³/mol. The molecule has 1 heterocycles. The van der Waals surface area contributed by atoms with Crippen LogP contribution in [0.2, 0.25) is 0 Å². The van der Waals surface area contributed by atoms with Gasteiger partial charge in [-0.15, -0.1) is 0 Å². The number of allylic oxidation sites excluding steroid dienone is 1. The highest BCUT2D eigenvalue weighted by molar-refractivity contribution is 5.85. The van der Waals surface area contributed by atoms with Crippen LogP contribution in [0.3, 0.4) is 0 Å². The van der Waals surface area contributed by atoms with Crippen LogP contribution in [0.15, 0.2) is 12.2 Å². The van der Waals surface area contributed by atoms with E-state index >= 15 is 0 Å². The van der Waals surface area contributed by atoms with Gasteiger partial charge in [0.05, 0.1) is 5.41 Å². The third-order valence-corrected chi connectivity index (χ3v) is 4.62. The summed E-state index contributed by atoms with van der Waals surface area (Å²) < 4.78 is 0. The summed E-state index contributed by atoms with van der Waals surface area (Å²) in [5.41, 5.74) is -0.333. The molecule has 0 saturated carbocycles. The largest absolute Gasteiger partial charge is 0.396 e. The Morgan fingerprint density at radius 3 is 2.67 bits per heavy atom. The highest BCUT2D eigenvalue weighted by atomic mass is 16.3. The minimum atomic E-state index is -0.333. The van der Waals surface area contributed by atoms with Crippen LogP contribution in [0.1, 0.15) is 45.4 Å². The summed E-state index contributed by atoms with van der Waals surface area (Å²) in [7, 11) is 0. The lowest BCUT2D eigenvalue weighted by atomic mass is 9.73. The van der Waals surface area contributed by atoms with Crippen LogP contribution in [0.5, 0.6) is 0 Å². The maximum atomic E-state index is 12.8. The summed E-state index contributed by atoms with van der Waals surface area (Å²) in [4.78, 5) is 14.9. The van der Waals surface area contributed by atoms with E-state index in [0.29, 0.717) is 12.3 Å². The van der Waals surface area contributed by atoms with Gasteiger partial charge >= 0.3 is 0 Å². The molecule has 1 saturated heterocycles. The molecule has 0 radical (unpaired) electrons. The predicted octanol–water partition coefficient (Wildman–Crippen LogP) is 2.35. The van der Waals surface area contributed by atoms with Crippen LogP contribution in [0.25, 0.3) is 0 Å². The first-order valence-corrected chi connectivity index (χ1v) is 7.28. The van der Waals surface area contributed by atoms with Gasteiger partial charge in [0.15, 0.2) is 0 Å². The van der Waals surface area contributed by atoms with Gasteiger partial charge in [-0.3, -0.25) is 4.79 Å². The first kappa shape index (κ1) is 13.6. The molecule has 2 atom stereocenters. The van der Waals surface area contributed by atoms with Crippen LogP contribution in [-0.2, 0) is 4.79 Å². The van der Waals surface area contributed by atoms with Crippen molar-refractivity contribution >= 4 is 5.91 Å². The number of likely N-dealkylation sites (tertiary alicyclic amines) is 1. The van der Waals surface area contributed by atoms with Crippen molar-refractivity contribution in [1.29, 1.82) is 0 Å². The standard InChI is InChI=1S/C15H25NO2/c1-13(7-12-17)15(8-3-4-9-15)14(18)16-10-5-2-6-11-16/h3,8,13,17H,2,4-7,9-12H2,1H3/t13-,15-/m1/s1. The third kappa shape index (κ3) is 2.46. The summed E-state index contributed by atoms with van der Waals surface area (Å²) in [5.74, 6) is 0.535. The quantitative estimate of drug-likeness (QED) is 0.779. The van der Waals surface area contributed by atoms with Gasteiger partial charge in [-0.2, -0.15) is 0 Å². The Balaban J connectivity index is 2.13. The summed E-state index contributed by atoms with van der Waals surface area (Å²) in [6.07, 6.45) is 10.4. The molecule has 0 aromatic carbocycles. The number of hydrogen-bond acceptors (Lipinski definition) is 2. The van der Waals surface area contributed by atoms with Crippen molar-refractivity contribution in [1.82, 2.24) is 4.90 Å². The molecule has 3 nitrogen and oxygen atoms in total. The molecule has 1 fully saturated rings. The number of carbonyl (C=O) groups excluding carboxylic acids is 1. The molecule has 1 aliphatic heterocycles. The van der Waals surface area contributed by atoms with E-state index in [1.54, 1.807) is 0 Å². The minimum Gasteiger partial charge on any atom is -0.396 e. The summed E-state index contributed by atoms with van der Waals surface area (Å²) in [5, 5.41) is 9.15. The number of rotatable bonds is 4. The van der Waals surface area contributed by atoms with E-state index in [2.05, 4.69) is 19.1 Å². The Hall–Kier alpha value is -0.830. The van der Waals surface area contributed by atoms with Crippen molar-refractivity contribution in [3.8, 4) is 0 Å². The summed E-state index contributed by atoms with van der Waals surface area (Å²) >= 11 is 0. The first-order chi connectivity index (χ1) is 8.70. The maximum absolute atomic E-state index is 12.8.